The molecule has 0 radical (unpaired) electrons. The highest BCUT2D eigenvalue weighted by Crippen LogP contribution is 2.45. The Hall–Kier alpha value is -0.940. The van der Waals surface area contributed by atoms with Crippen LogP contribution in [0.15, 0.2) is 24.3 Å². The van der Waals surface area contributed by atoms with Crippen LogP contribution in [0.2, 0.25) is 0 Å². The molecule has 1 aromatic carbocycles. The molecule has 0 spiro atoms. The average molecular weight is 305 g/mol. The van der Waals surface area contributed by atoms with Gasteiger partial charge in [0.15, 0.2) is 6.29 Å². The maximum atomic E-state index is 11.4. The molecule has 3 rings (SSSR count). The van der Waals surface area contributed by atoms with Gasteiger partial charge in [-0.05, 0) is 38.3 Å². The second kappa shape index (κ2) is 6.28. The predicted molar refractivity (Wildman–Crippen MR) is 85.5 cm³/mol. The molecular formula is C18H27NO3. The first-order chi connectivity index (χ1) is 10.6. The third-order valence-electron chi connectivity index (χ3n) is 5.52. The molecule has 4 heteroatoms. The number of ether oxygens (including phenoxy) is 2. The molecule has 0 amide bonds. The molecule has 2 heterocycles. The Bertz CT molecular complexity index is 501. The Labute approximate surface area is 133 Å². The standard InChI is InChI=1S/C18H27NO3/c1-19-13-7-6-8-14(19)12-18(20,11-13)16-10-5-4-9-15(16)17(21-2)22-3/h4-5,9-10,13-14,17,20H,6-8,11-12H2,1-3H3. The summed E-state index contributed by atoms with van der Waals surface area (Å²) in [6.45, 7) is 0. The van der Waals surface area contributed by atoms with E-state index in [0.717, 1.165) is 24.0 Å². The van der Waals surface area contributed by atoms with Crippen molar-refractivity contribution in [2.24, 2.45) is 0 Å². The maximum absolute atomic E-state index is 11.4. The largest absolute Gasteiger partial charge is 0.385 e. The number of rotatable bonds is 4. The highest BCUT2D eigenvalue weighted by Gasteiger charge is 2.46. The second-order valence-corrected chi connectivity index (χ2v) is 6.73. The molecule has 0 saturated carbocycles. The van der Waals surface area contributed by atoms with Gasteiger partial charge in [-0.15, -0.1) is 0 Å². The van der Waals surface area contributed by atoms with E-state index in [9.17, 15) is 5.11 Å². The monoisotopic (exact) mass is 305 g/mol. The smallest absolute Gasteiger partial charge is 0.183 e. The molecule has 2 atom stereocenters. The van der Waals surface area contributed by atoms with Gasteiger partial charge in [0.2, 0.25) is 0 Å². The Balaban J connectivity index is 1.96. The highest BCUT2D eigenvalue weighted by atomic mass is 16.7. The fourth-order valence-corrected chi connectivity index (χ4v) is 4.35. The number of aliphatic hydroxyl groups is 1. The van der Waals surface area contributed by atoms with Crippen molar-refractivity contribution in [1.82, 2.24) is 4.90 Å². The fraction of sp³-hybridized carbons (Fsp3) is 0.667. The zero-order valence-corrected chi connectivity index (χ0v) is 13.8. The van der Waals surface area contributed by atoms with Crippen LogP contribution in [0, 0.1) is 0 Å². The van der Waals surface area contributed by atoms with Crippen molar-refractivity contribution < 1.29 is 14.6 Å². The molecule has 0 aliphatic carbocycles. The van der Waals surface area contributed by atoms with Crippen LogP contribution in [0.3, 0.4) is 0 Å². The molecule has 2 bridgehead atoms. The lowest BCUT2D eigenvalue weighted by Crippen LogP contribution is -2.55. The Morgan fingerprint density at radius 3 is 2.32 bits per heavy atom. The quantitative estimate of drug-likeness (QED) is 0.869. The van der Waals surface area contributed by atoms with Crippen LogP contribution in [0.25, 0.3) is 0 Å². The van der Waals surface area contributed by atoms with Crippen LogP contribution >= 0.6 is 0 Å². The number of methoxy groups -OCH3 is 2. The van der Waals surface area contributed by atoms with Crippen LogP contribution in [0.5, 0.6) is 0 Å². The van der Waals surface area contributed by atoms with Crippen molar-refractivity contribution in [2.45, 2.75) is 56.1 Å². The summed E-state index contributed by atoms with van der Waals surface area (Å²) in [7, 11) is 5.48. The summed E-state index contributed by atoms with van der Waals surface area (Å²) in [5.41, 5.74) is 1.13. The van der Waals surface area contributed by atoms with Gasteiger partial charge in [-0.1, -0.05) is 30.7 Å². The van der Waals surface area contributed by atoms with Gasteiger partial charge in [-0.2, -0.15) is 0 Å². The Kier molecular flexibility index (Phi) is 4.55. The van der Waals surface area contributed by atoms with Crippen LogP contribution in [-0.2, 0) is 15.1 Å². The van der Waals surface area contributed by atoms with Crippen LogP contribution in [0.4, 0.5) is 0 Å². The summed E-state index contributed by atoms with van der Waals surface area (Å²) in [6, 6.07) is 8.93. The van der Waals surface area contributed by atoms with Gasteiger partial charge >= 0.3 is 0 Å². The van der Waals surface area contributed by atoms with Crippen LogP contribution in [-0.4, -0.2) is 43.4 Å². The van der Waals surface area contributed by atoms with Gasteiger partial charge in [-0.25, -0.2) is 0 Å². The Morgan fingerprint density at radius 2 is 1.73 bits per heavy atom. The molecule has 2 saturated heterocycles. The van der Waals surface area contributed by atoms with E-state index in [0.29, 0.717) is 12.1 Å². The number of benzene rings is 1. The second-order valence-electron chi connectivity index (χ2n) is 6.73. The van der Waals surface area contributed by atoms with E-state index >= 15 is 0 Å². The van der Waals surface area contributed by atoms with Gasteiger partial charge in [0.25, 0.3) is 0 Å². The first kappa shape index (κ1) is 15.9. The molecule has 1 N–H and O–H groups in total. The fourth-order valence-electron chi connectivity index (χ4n) is 4.35. The molecule has 2 aliphatic heterocycles. The van der Waals surface area contributed by atoms with Crippen LogP contribution < -0.4 is 0 Å². The highest BCUT2D eigenvalue weighted by molar-refractivity contribution is 5.34. The molecule has 4 nitrogen and oxygen atoms in total. The number of fused-ring (bicyclic) bond motifs is 2. The van der Waals surface area contributed by atoms with Gasteiger partial charge in [0, 0.05) is 31.9 Å². The SMILES string of the molecule is COC(OC)c1ccccc1C1(O)CC2CCCC(C1)N2C. The average Bonchev–Trinajstić information content (AvgIpc) is 2.51. The molecule has 0 aromatic heterocycles. The summed E-state index contributed by atoms with van der Waals surface area (Å²) in [6.07, 6.45) is 4.77. The van der Waals surface area contributed by atoms with Crippen molar-refractivity contribution in [2.75, 3.05) is 21.3 Å². The maximum Gasteiger partial charge on any atom is 0.183 e. The third-order valence-corrected chi connectivity index (χ3v) is 5.52. The summed E-state index contributed by atoms with van der Waals surface area (Å²) in [5.74, 6) is 0. The number of hydrogen-bond acceptors (Lipinski definition) is 4. The minimum absolute atomic E-state index is 0.431. The molecule has 122 valence electrons. The molecule has 2 unspecified atom stereocenters. The zero-order chi connectivity index (χ0) is 15.7. The molecule has 2 fully saturated rings. The molecule has 1 aromatic rings. The summed E-state index contributed by atoms with van der Waals surface area (Å²) in [4.78, 5) is 2.46. The van der Waals surface area contributed by atoms with Crippen LogP contribution in [0.1, 0.15) is 49.5 Å². The van der Waals surface area contributed by atoms with E-state index in [-0.39, 0.29) is 0 Å². The molecule has 22 heavy (non-hydrogen) atoms. The van der Waals surface area contributed by atoms with Crippen molar-refractivity contribution in [3.8, 4) is 0 Å². The van der Waals surface area contributed by atoms with E-state index in [1.165, 1.54) is 19.3 Å². The van der Waals surface area contributed by atoms with E-state index in [1.54, 1.807) is 14.2 Å². The lowest BCUT2D eigenvalue weighted by Gasteiger charge is -2.51. The van der Waals surface area contributed by atoms with Gasteiger partial charge in [0.05, 0.1) is 5.60 Å². The topological polar surface area (TPSA) is 41.9 Å². The lowest BCUT2D eigenvalue weighted by atomic mass is 9.71. The van der Waals surface area contributed by atoms with Crippen molar-refractivity contribution >= 4 is 0 Å². The minimum atomic E-state index is -0.784. The van der Waals surface area contributed by atoms with E-state index in [1.807, 2.05) is 24.3 Å². The van der Waals surface area contributed by atoms with E-state index < -0.39 is 11.9 Å². The third kappa shape index (κ3) is 2.69. The van der Waals surface area contributed by atoms with Crippen molar-refractivity contribution in [3.05, 3.63) is 35.4 Å². The van der Waals surface area contributed by atoms with E-state index in [4.69, 9.17) is 9.47 Å². The number of hydrogen-bond donors (Lipinski definition) is 1. The summed E-state index contributed by atoms with van der Waals surface area (Å²) < 4.78 is 10.9. The number of piperidine rings is 2. The van der Waals surface area contributed by atoms with Gasteiger partial charge in [0.1, 0.15) is 0 Å². The molecule has 2 aliphatic rings. The zero-order valence-electron chi connectivity index (χ0n) is 13.8. The Morgan fingerprint density at radius 1 is 1.14 bits per heavy atom. The van der Waals surface area contributed by atoms with Crippen molar-refractivity contribution in [3.63, 3.8) is 0 Å². The minimum Gasteiger partial charge on any atom is -0.385 e. The first-order valence-electron chi connectivity index (χ1n) is 8.18. The predicted octanol–water partition coefficient (Wildman–Crippen LogP) is 2.81. The first-order valence-corrected chi connectivity index (χ1v) is 8.18. The van der Waals surface area contributed by atoms with Gasteiger partial charge in [-0.3, -0.25) is 0 Å². The lowest BCUT2D eigenvalue weighted by molar-refractivity contribution is -0.115. The van der Waals surface area contributed by atoms with Crippen molar-refractivity contribution in [1.29, 1.82) is 0 Å². The van der Waals surface area contributed by atoms with Gasteiger partial charge < -0.3 is 19.5 Å². The summed E-state index contributed by atoms with van der Waals surface area (Å²) in [5, 5.41) is 11.4. The van der Waals surface area contributed by atoms with E-state index in [2.05, 4.69) is 11.9 Å². The molecular weight excluding hydrogens is 278 g/mol. The normalized spacial score (nSPS) is 32.4. The summed E-state index contributed by atoms with van der Waals surface area (Å²) >= 11 is 0. The number of nitrogens with zero attached hydrogens (tertiary/aromatic N) is 1.